The SMILES string of the molecule is COC[C@@H]1CN=C2N(Cc3cnn(C)c3)C(=O)c3cc(S(=O)(=O)NC4(C)CC4)ccc3N21. The second-order valence-electron chi connectivity index (χ2n) is 8.88. The zero-order valence-electron chi connectivity index (χ0n) is 18.3. The van der Waals surface area contributed by atoms with Crippen LogP contribution in [0.15, 0.2) is 40.5 Å². The minimum Gasteiger partial charge on any atom is -0.382 e. The zero-order chi connectivity index (χ0) is 22.7. The van der Waals surface area contributed by atoms with Gasteiger partial charge in [0.1, 0.15) is 0 Å². The summed E-state index contributed by atoms with van der Waals surface area (Å²) < 4.78 is 35.7. The number of rotatable bonds is 7. The van der Waals surface area contributed by atoms with Gasteiger partial charge in [-0.05, 0) is 38.0 Å². The quantitative estimate of drug-likeness (QED) is 0.666. The molecule has 1 N–H and O–H groups in total. The largest absolute Gasteiger partial charge is 0.382 e. The Labute approximate surface area is 186 Å². The number of benzene rings is 1. The molecule has 3 aliphatic rings. The summed E-state index contributed by atoms with van der Waals surface area (Å²) in [6.07, 6.45) is 5.16. The summed E-state index contributed by atoms with van der Waals surface area (Å²) in [5.74, 6) is 0.263. The van der Waals surface area contributed by atoms with Gasteiger partial charge in [0, 0.05) is 31.5 Å². The maximum absolute atomic E-state index is 13.6. The van der Waals surface area contributed by atoms with Crippen LogP contribution in [0.5, 0.6) is 0 Å². The molecule has 11 heteroatoms. The maximum Gasteiger partial charge on any atom is 0.263 e. The van der Waals surface area contributed by atoms with Crippen molar-refractivity contribution >= 4 is 27.6 Å². The minimum atomic E-state index is -3.74. The number of amides is 1. The van der Waals surface area contributed by atoms with Gasteiger partial charge in [-0.3, -0.25) is 14.4 Å². The van der Waals surface area contributed by atoms with Gasteiger partial charge in [-0.1, -0.05) is 0 Å². The molecule has 1 saturated carbocycles. The first kappa shape index (κ1) is 21.1. The van der Waals surface area contributed by atoms with E-state index in [9.17, 15) is 13.2 Å². The van der Waals surface area contributed by atoms with Crippen molar-refractivity contribution in [2.24, 2.45) is 12.0 Å². The number of aliphatic imine (C=N–C) groups is 1. The van der Waals surface area contributed by atoms with Crippen LogP contribution in [0.25, 0.3) is 0 Å². The van der Waals surface area contributed by atoms with Crippen molar-refractivity contribution in [3.05, 3.63) is 41.7 Å². The molecule has 170 valence electrons. The van der Waals surface area contributed by atoms with Crippen molar-refractivity contribution in [3.63, 3.8) is 0 Å². The Hall–Kier alpha value is -2.76. The van der Waals surface area contributed by atoms with E-state index in [0.29, 0.717) is 30.4 Å². The number of fused-ring (bicyclic) bond motifs is 3. The number of hydrogen-bond donors (Lipinski definition) is 1. The van der Waals surface area contributed by atoms with Crippen LogP contribution in [0.3, 0.4) is 0 Å². The topological polar surface area (TPSA) is 109 Å². The fourth-order valence-corrected chi connectivity index (χ4v) is 5.69. The maximum atomic E-state index is 13.6. The molecule has 2 aliphatic heterocycles. The number of carbonyl (C=O) groups excluding carboxylic acids is 1. The van der Waals surface area contributed by atoms with Crippen LogP contribution < -0.4 is 9.62 Å². The van der Waals surface area contributed by atoms with Gasteiger partial charge >= 0.3 is 0 Å². The van der Waals surface area contributed by atoms with Crippen LogP contribution in [0.2, 0.25) is 0 Å². The first-order chi connectivity index (χ1) is 15.2. The number of sulfonamides is 1. The number of carbonyl (C=O) groups is 1. The highest BCUT2D eigenvalue weighted by molar-refractivity contribution is 7.89. The molecular formula is C21H26N6O4S. The standard InChI is InChI=1S/C21H26N6O4S/c1-21(6-7-21)24-32(29,30)16-4-5-18-17(8-16)19(28)26(12-14-9-23-25(2)11-14)20-22-10-15(13-31-3)27(18)20/h4-5,8-9,11,15,24H,6-7,10,12-13H2,1-3H3/t15-/m0/s1. The van der Waals surface area contributed by atoms with Crippen LogP contribution in [0.4, 0.5) is 5.69 Å². The number of hydrogen-bond acceptors (Lipinski definition) is 7. The summed E-state index contributed by atoms with van der Waals surface area (Å²) in [7, 11) is -0.298. The molecule has 1 aliphatic carbocycles. The summed E-state index contributed by atoms with van der Waals surface area (Å²) >= 11 is 0. The highest BCUT2D eigenvalue weighted by Crippen LogP contribution is 2.38. The molecule has 0 bridgehead atoms. The summed E-state index contributed by atoms with van der Waals surface area (Å²) in [6.45, 7) is 3.08. The van der Waals surface area contributed by atoms with Crippen molar-refractivity contribution in [2.45, 2.75) is 42.8 Å². The second kappa shape index (κ2) is 7.39. The first-order valence-corrected chi connectivity index (χ1v) is 12.0. The lowest BCUT2D eigenvalue weighted by atomic mass is 10.1. The van der Waals surface area contributed by atoms with E-state index < -0.39 is 15.6 Å². The molecule has 2 aromatic rings. The van der Waals surface area contributed by atoms with Gasteiger partial charge in [0.15, 0.2) is 0 Å². The number of guanidine groups is 1. The number of aryl methyl sites for hydroxylation is 1. The molecule has 1 aromatic carbocycles. The number of nitrogens with one attached hydrogen (secondary N) is 1. The van der Waals surface area contributed by atoms with Crippen LogP contribution in [-0.4, -0.2) is 66.8 Å². The van der Waals surface area contributed by atoms with E-state index in [-0.39, 0.29) is 23.4 Å². The van der Waals surface area contributed by atoms with Gasteiger partial charge in [0.2, 0.25) is 16.0 Å². The molecule has 5 rings (SSSR count). The van der Waals surface area contributed by atoms with E-state index in [1.807, 2.05) is 25.1 Å². The molecular weight excluding hydrogens is 432 g/mol. The Kier molecular flexibility index (Phi) is 4.88. The van der Waals surface area contributed by atoms with Crippen LogP contribution >= 0.6 is 0 Å². The third kappa shape index (κ3) is 3.59. The van der Waals surface area contributed by atoms with Crippen molar-refractivity contribution in [3.8, 4) is 0 Å². The highest BCUT2D eigenvalue weighted by atomic mass is 32.2. The molecule has 1 fully saturated rings. The molecule has 0 radical (unpaired) electrons. The van der Waals surface area contributed by atoms with E-state index in [1.54, 1.807) is 35.0 Å². The first-order valence-electron chi connectivity index (χ1n) is 10.5. The van der Waals surface area contributed by atoms with Gasteiger partial charge in [0.25, 0.3) is 5.91 Å². The predicted molar refractivity (Wildman–Crippen MR) is 118 cm³/mol. The zero-order valence-corrected chi connectivity index (χ0v) is 19.1. The number of ether oxygens (including phenoxy) is 1. The second-order valence-corrected chi connectivity index (χ2v) is 10.6. The lowest BCUT2D eigenvalue weighted by Crippen LogP contribution is -2.53. The van der Waals surface area contributed by atoms with E-state index in [0.717, 1.165) is 18.4 Å². The van der Waals surface area contributed by atoms with Crippen molar-refractivity contribution < 1.29 is 17.9 Å². The lowest BCUT2D eigenvalue weighted by molar-refractivity contribution is 0.0831. The van der Waals surface area contributed by atoms with E-state index in [4.69, 9.17) is 4.74 Å². The average molecular weight is 459 g/mol. The summed E-state index contributed by atoms with van der Waals surface area (Å²) in [5, 5.41) is 4.19. The molecule has 3 heterocycles. The lowest BCUT2D eigenvalue weighted by Gasteiger charge is -2.38. The smallest absolute Gasteiger partial charge is 0.263 e. The van der Waals surface area contributed by atoms with Crippen molar-refractivity contribution in [1.82, 2.24) is 19.4 Å². The Balaban J connectivity index is 1.56. The fraction of sp³-hybridized carbons (Fsp3) is 0.476. The summed E-state index contributed by atoms with van der Waals surface area (Å²) in [4.78, 5) is 21.8. The van der Waals surface area contributed by atoms with E-state index in [1.165, 1.54) is 6.07 Å². The van der Waals surface area contributed by atoms with Crippen LogP contribution in [0.1, 0.15) is 35.7 Å². The van der Waals surface area contributed by atoms with Gasteiger partial charge in [-0.15, -0.1) is 0 Å². The Bertz CT molecular complexity index is 1220. The monoisotopic (exact) mass is 458 g/mol. The van der Waals surface area contributed by atoms with Crippen LogP contribution in [-0.2, 0) is 28.4 Å². The third-order valence-corrected chi connectivity index (χ3v) is 7.75. The highest BCUT2D eigenvalue weighted by Gasteiger charge is 2.44. The van der Waals surface area contributed by atoms with Gasteiger partial charge in [-0.25, -0.2) is 18.1 Å². The summed E-state index contributed by atoms with van der Waals surface area (Å²) in [5.41, 5.74) is 1.44. The van der Waals surface area contributed by atoms with Crippen molar-refractivity contribution in [1.29, 1.82) is 0 Å². The molecule has 0 spiro atoms. The number of nitrogens with zero attached hydrogens (tertiary/aromatic N) is 5. The van der Waals surface area contributed by atoms with E-state index in [2.05, 4.69) is 14.8 Å². The number of methoxy groups -OCH3 is 1. The molecule has 1 atom stereocenters. The molecule has 10 nitrogen and oxygen atoms in total. The van der Waals surface area contributed by atoms with Crippen molar-refractivity contribution in [2.75, 3.05) is 25.2 Å². The van der Waals surface area contributed by atoms with E-state index >= 15 is 0 Å². The minimum absolute atomic E-state index is 0.0794. The molecule has 0 unspecified atom stereocenters. The average Bonchev–Trinajstić information content (AvgIpc) is 3.11. The predicted octanol–water partition coefficient (Wildman–Crippen LogP) is 1.10. The molecule has 32 heavy (non-hydrogen) atoms. The normalized spacial score (nSPS) is 21.4. The summed E-state index contributed by atoms with van der Waals surface area (Å²) in [6, 6.07) is 4.64. The molecule has 0 saturated heterocycles. The Morgan fingerprint density at radius 1 is 1.31 bits per heavy atom. The van der Waals surface area contributed by atoms with Crippen LogP contribution in [0, 0.1) is 0 Å². The Morgan fingerprint density at radius 2 is 2.09 bits per heavy atom. The number of aromatic nitrogens is 2. The van der Waals surface area contributed by atoms with Gasteiger partial charge in [-0.2, -0.15) is 5.10 Å². The molecule has 1 aromatic heterocycles. The third-order valence-electron chi connectivity index (χ3n) is 6.12. The number of anilines is 1. The fourth-order valence-electron chi connectivity index (χ4n) is 4.20. The van der Waals surface area contributed by atoms with Gasteiger partial charge in [0.05, 0.1) is 48.1 Å². The Morgan fingerprint density at radius 3 is 2.75 bits per heavy atom. The molecule has 1 amide bonds. The van der Waals surface area contributed by atoms with Gasteiger partial charge < -0.3 is 9.64 Å².